The highest BCUT2D eigenvalue weighted by molar-refractivity contribution is 6.34. The number of carbonyl (C=O) groups excluding carboxylic acids is 2. The lowest BCUT2D eigenvalue weighted by atomic mass is 10.1. The third kappa shape index (κ3) is 2.19. The van der Waals surface area contributed by atoms with Crippen LogP contribution in [0, 0.1) is 0 Å². The second-order valence-corrected chi connectivity index (χ2v) is 4.40. The third-order valence-corrected chi connectivity index (χ3v) is 3.09. The van der Waals surface area contributed by atoms with Crippen molar-refractivity contribution in [2.45, 2.75) is 12.5 Å². The molecule has 1 aliphatic rings. The second kappa shape index (κ2) is 4.96. The number of nitrogens with zero attached hydrogens (tertiary/aromatic N) is 1. The largest absolute Gasteiger partial charge is 0.465 e. The van der Waals surface area contributed by atoms with Gasteiger partial charge in [-0.05, 0) is 12.1 Å². The molecule has 1 unspecified atom stereocenters. The first-order valence-corrected chi connectivity index (χ1v) is 5.77. The first kappa shape index (κ1) is 12.9. The maximum absolute atomic E-state index is 11.7. The zero-order valence-corrected chi connectivity index (χ0v) is 10.5. The fraction of sp³-hybridized carbons (Fsp3) is 0.333. The predicted molar refractivity (Wildman–Crippen MR) is 65.8 cm³/mol. The summed E-state index contributed by atoms with van der Waals surface area (Å²) in [5.41, 5.74) is 0.514. The van der Waals surface area contributed by atoms with Gasteiger partial charge in [-0.25, -0.2) is 4.79 Å². The Labute approximate surface area is 109 Å². The summed E-state index contributed by atoms with van der Waals surface area (Å²) in [4.78, 5) is 24.8. The van der Waals surface area contributed by atoms with E-state index in [1.165, 1.54) is 12.0 Å². The van der Waals surface area contributed by atoms with Crippen LogP contribution in [0.1, 0.15) is 16.8 Å². The molecule has 1 aromatic rings. The summed E-state index contributed by atoms with van der Waals surface area (Å²) in [6.45, 7) is 0.156. The summed E-state index contributed by atoms with van der Waals surface area (Å²) in [6, 6.07) is 4.80. The van der Waals surface area contributed by atoms with Gasteiger partial charge in [0.15, 0.2) is 0 Å². The molecule has 2 rings (SSSR count). The molecule has 1 saturated heterocycles. The van der Waals surface area contributed by atoms with Crippen molar-refractivity contribution < 1.29 is 19.4 Å². The van der Waals surface area contributed by atoms with Crippen molar-refractivity contribution in [3.05, 3.63) is 28.8 Å². The number of methoxy groups -OCH3 is 1. The molecule has 0 aliphatic carbocycles. The SMILES string of the molecule is COC(=O)c1c(Cl)cccc1N1CC(O)CC1=O. The van der Waals surface area contributed by atoms with Gasteiger partial charge >= 0.3 is 5.97 Å². The lowest BCUT2D eigenvalue weighted by Gasteiger charge is -2.19. The molecule has 0 aromatic heterocycles. The van der Waals surface area contributed by atoms with Crippen LogP contribution in [-0.4, -0.2) is 36.7 Å². The predicted octanol–water partition coefficient (Wildman–Crippen LogP) is 1.22. The van der Waals surface area contributed by atoms with Crippen molar-refractivity contribution >= 4 is 29.2 Å². The Morgan fingerprint density at radius 1 is 1.56 bits per heavy atom. The van der Waals surface area contributed by atoms with Crippen molar-refractivity contribution in [2.24, 2.45) is 0 Å². The maximum Gasteiger partial charge on any atom is 0.341 e. The highest BCUT2D eigenvalue weighted by Crippen LogP contribution is 2.31. The zero-order valence-electron chi connectivity index (χ0n) is 9.72. The molecular weight excluding hydrogens is 258 g/mol. The third-order valence-electron chi connectivity index (χ3n) is 2.78. The van der Waals surface area contributed by atoms with E-state index in [4.69, 9.17) is 11.6 Å². The van der Waals surface area contributed by atoms with Gasteiger partial charge in [-0.2, -0.15) is 0 Å². The molecule has 1 heterocycles. The first-order chi connectivity index (χ1) is 8.54. The van der Waals surface area contributed by atoms with Crippen molar-refractivity contribution in [1.82, 2.24) is 0 Å². The van der Waals surface area contributed by atoms with Gasteiger partial charge in [-0.15, -0.1) is 0 Å². The summed E-state index contributed by atoms with van der Waals surface area (Å²) in [5.74, 6) is -0.847. The first-order valence-electron chi connectivity index (χ1n) is 5.40. The lowest BCUT2D eigenvalue weighted by Crippen LogP contribution is -2.27. The van der Waals surface area contributed by atoms with E-state index in [-0.39, 0.29) is 29.5 Å². The molecule has 0 bridgehead atoms. The van der Waals surface area contributed by atoms with Crippen LogP contribution in [0.5, 0.6) is 0 Å². The van der Waals surface area contributed by atoms with Crippen LogP contribution in [0.3, 0.4) is 0 Å². The molecule has 1 fully saturated rings. The van der Waals surface area contributed by atoms with E-state index >= 15 is 0 Å². The molecule has 1 amide bonds. The molecule has 0 radical (unpaired) electrons. The molecule has 1 aromatic carbocycles. The van der Waals surface area contributed by atoms with Crippen LogP contribution in [0.4, 0.5) is 5.69 Å². The number of benzene rings is 1. The summed E-state index contributed by atoms with van der Waals surface area (Å²) < 4.78 is 4.66. The highest BCUT2D eigenvalue weighted by atomic mass is 35.5. The van der Waals surface area contributed by atoms with Gasteiger partial charge < -0.3 is 14.7 Å². The normalized spacial score (nSPS) is 19.2. The Morgan fingerprint density at radius 2 is 2.28 bits per heavy atom. The number of hydrogen-bond acceptors (Lipinski definition) is 4. The van der Waals surface area contributed by atoms with Crippen LogP contribution in [0.25, 0.3) is 0 Å². The van der Waals surface area contributed by atoms with Gasteiger partial charge in [0, 0.05) is 0 Å². The lowest BCUT2D eigenvalue weighted by molar-refractivity contribution is -0.117. The van der Waals surface area contributed by atoms with Crippen LogP contribution in [0.15, 0.2) is 18.2 Å². The molecule has 5 nitrogen and oxygen atoms in total. The number of hydrogen-bond donors (Lipinski definition) is 1. The number of rotatable bonds is 2. The maximum atomic E-state index is 11.7. The quantitative estimate of drug-likeness (QED) is 0.820. The van der Waals surface area contributed by atoms with Gasteiger partial charge in [0.05, 0.1) is 36.9 Å². The number of halogens is 1. The number of amides is 1. The molecular formula is C12H12ClNO4. The van der Waals surface area contributed by atoms with E-state index in [1.807, 2.05) is 0 Å². The van der Waals surface area contributed by atoms with Gasteiger partial charge in [-0.3, -0.25) is 4.79 Å². The number of aliphatic hydroxyl groups excluding tert-OH is 1. The van der Waals surface area contributed by atoms with E-state index in [1.54, 1.807) is 18.2 Å². The van der Waals surface area contributed by atoms with Gasteiger partial charge in [0.25, 0.3) is 0 Å². The van der Waals surface area contributed by atoms with Crippen molar-refractivity contribution in [3.8, 4) is 0 Å². The number of anilines is 1. The molecule has 18 heavy (non-hydrogen) atoms. The van der Waals surface area contributed by atoms with Crippen LogP contribution in [0.2, 0.25) is 5.02 Å². The molecule has 0 spiro atoms. The Morgan fingerprint density at radius 3 is 2.83 bits per heavy atom. The van der Waals surface area contributed by atoms with Crippen LogP contribution >= 0.6 is 11.6 Å². The number of aliphatic hydroxyl groups is 1. The van der Waals surface area contributed by atoms with E-state index in [9.17, 15) is 14.7 Å². The van der Waals surface area contributed by atoms with Crippen molar-refractivity contribution in [2.75, 3.05) is 18.6 Å². The Kier molecular flexibility index (Phi) is 3.54. The minimum absolute atomic E-state index is 0.0487. The van der Waals surface area contributed by atoms with E-state index in [0.717, 1.165) is 0 Å². The van der Waals surface area contributed by atoms with Crippen molar-refractivity contribution in [3.63, 3.8) is 0 Å². The van der Waals surface area contributed by atoms with Crippen LogP contribution in [-0.2, 0) is 9.53 Å². The van der Waals surface area contributed by atoms with E-state index in [2.05, 4.69) is 4.74 Å². The van der Waals surface area contributed by atoms with Gasteiger partial charge in [0.2, 0.25) is 5.91 Å². The van der Waals surface area contributed by atoms with E-state index in [0.29, 0.717) is 5.69 Å². The monoisotopic (exact) mass is 269 g/mol. The summed E-state index contributed by atoms with van der Waals surface area (Å²) in [6.07, 6.45) is -0.672. The van der Waals surface area contributed by atoms with Crippen LogP contribution < -0.4 is 4.90 Å². The molecule has 6 heteroatoms. The average Bonchev–Trinajstić information content (AvgIpc) is 2.67. The Bertz CT molecular complexity index is 503. The minimum Gasteiger partial charge on any atom is -0.465 e. The van der Waals surface area contributed by atoms with Gasteiger partial charge in [0.1, 0.15) is 5.56 Å². The molecule has 1 N–H and O–H groups in total. The molecule has 0 saturated carbocycles. The number of carbonyl (C=O) groups is 2. The standard InChI is InChI=1S/C12H12ClNO4/c1-18-12(17)11-8(13)3-2-4-9(11)14-6-7(15)5-10(14)16/h2-4,7,15H,5-6H2,1H3. The smallest absolute Gasteiger partial charge is 0.341 e. The minimum atomic E-state index is -0.720. The Balaban J connectivity index is 2.48. The fourth-order valence-corrected chi connectivity index (χ4v) is 2.21. The zero-order chi connectivity index (χ0) is 13.3. The summed E-state index contributed by atoms with van der Waals surface area (Å²) in [7, 11) is 1.25. The fourth-order valence-electron chi connectivity index (χ4n) is 1.96. The molecule has 1 aliphatic heterocycles. The average molecular weight is 270 g/mol. The van der Waals surface area contributed by atoms with Crippen molar-refractivity contribution in [1.29, 1.82) is 0 Å². The Hall–Kier alpha value is -1.59. The summed E-state index contributed by atoms with van der Waals surface area (Å²) >= 11 is 5.96. The highest BCUT2D eigenvalue weighted by Gasteiger charge is 2.32. The number of esters is 1. The number of ether oxygens (including phenoxy) is 1. The molecule has 96 valence electrons. The number of β-amino-alcohol motifs (C(OH)–C–C–N with tert-alkyl or cyclic N) is 1. The topological polar surface area (TPSA) is 66.8 Å². The van der Waals surface area contributed by atoms with Gasteiger partial charge in [-0.1, -0.05) is 17.7 Å². The summed E-state index contributed by atoms with van der Waals surface area (Å²) in [5, 5.41) is 9.69. The van der Waals surface area contributed by atoms with E-state index < -0.39 is 12.1 Å². The molecule has 1 atom stereocenters. The second-order valence-electron chi connectivity index (χ2n) is 3.99.